The first-order valence-electron chi connectivity index (χ1n) is 0.651. The summed E-state index contributed by atoms with van der Waals surface area (Å²) in [5.41, 5.74) is 0. The average Bonchev–Trinajstić information content (AvgIpc) is 0.811. The molecule has 0 saturated carbocycles. The summed E-state index contributed by atoms with van der Waals surface area (Å²) in [7, 11) is 0. The molecule has 0 bridgehead atoms. The summed E-state index contributed by atoms with van der Waals surface area (Å²) in [5, 5.41) is 13.9. The van der Waals surface area contributed by atoms with Gasteiger partial charge < -0.3 is 41.1 Å². The molecule has 13 N–H and O–H groups in total. The molecule has 9 heteroatoms. The zero-order valence-electron chi connectivity index (χ0n) is 7.22. The number of hydrogen-bond acceptors (Lipinski definition) is 2. The maximum atomic E-state index is 8.56. The minimum atomic E-state index is -1.83. The van der Waals surface area contributed by atoms with Crippen LogP contribution < -0.4 is 6.15 Å². The van der Waals surface area contributed by atoms with E-state index in [9.17, 15) is 0 Å². The second-order valence-corrected chi connectivity index (χ2v) is 0.283. The summed E-state index contributed by atoms with van der Waals surface area (Å²) in [6.45, 7) is 0. The molecule has 0 unspecified atom stereocenters. The fourth-order valence-electron chi connectivity index (χ4n) is 0. The Balaban J connectivity index is -0.00000000161. The Morgan fingerprint density at radius 1 is 1.00 bits per heavy atom. The molecule has 0 radical (unpaired) electrons. The van der Waals surface area contributed by atoms with Crippen LogP contribution in [-0.2, 0) is 0 Å². The van der Waals surface area contributed by atoms with Crippen molar-refractivity contribution in [1.29, 1.82) is 0 Å². The number of carbonyl (C=O) groups is 1. The summed E-state index contributed by atoms with van der Waals surface area (Å²) in [6.07, 6.45) is -1.83. The van der Waals surface area contributed by atoms with Crippen LogP contribution in [0, 0.1) is 0 Å². The van der Waals surface area contributed by atoms with Crippen LogP contribution >= 0.6 is 0 Å². The van der Waals surface area contributed by atoms with E-state index in [2.05, 4.69) is 0 Å². The third-order valence-electron chi connectivity index (χ3n) is 0. The molecule has 0 atom stereocenters. The molecule has 0 aliphatic carbocycles. The van der Waals surface area contributed by atoms with Gasteiger partial charge >= 0.3 is 29.2 Å². The van der Waals surface area contributed by atoms with Crippen LogP contribution in [0.3, 0.4) is 0 Å². The minimum absolute atomic E-state index is 0. The molecule has 68 valence electrons. The molecule has 0 fully saturated rings. The SMILES string of the molecule is N.O.O.O.O.O=C(O)O.[H-].[H-].[Mg+2]. The van der Waals surface area contributed by atoms with E-state index in [-0.39, 0.29) is 54.0 Å². The van der Waals surface area contributed by atoms with Gasteiger partial charge in [0.1, 0.15) is 0 Å². The Morgan fingerprint density at radius 2 is 1.00 bits per heavy atom. The van der Waals surface area contributed by atoms with E-state index in [4.69, 9.17) is 15.0 Å². The molecule has 0 rings (SSSR count). The summed E-state index contributed by atoms with van der Waals surface area (Å²) < 4.78 is 0. The van der Waals surface area contributed by atoms with Gasteiger partial charge in [-0.3, -0.25) is 0 Å². The first kappa shape index (κ1) is 95.5. The van der Waals surface area contributed by atoms with Crippen LogP contribution in [0.5, 0.6) is 0 Å². The van der Waals surface area contributed by atoms with Crippen molar-refractivity contribution in [3.8, 4) is 0 Å². The molecule has 8 nitrogen and oxygen atoms in total. The number of carboxylic acid groups (broad SMARTS) is 2. The molecular weight excluding hydrogens is 162 g/mol. The zero-order valence-corrected chi connectivity index (χ0v) is 6.63. The van der Waals surface area contributed by atoms with E-state index in [1.807, 2.05) is 0 Å². The summed E-state index contributed by atoms with van der Waals surface area (Å²) in [5.74, 6) is 0. The molecule has 0 aromatic heterocycles. The van der Waals surface area contributed by atoms with Crippen LogP contribution in [0.25, 0.3) is 0 Å². The van der Waals surface area contributed by atoms with Crippen LogP contribution in [0.15, 0.2) is 0 Å². The summed E-state index contributed by atoms with van der Waals surface area (Å²) in [4.78, 5) is 8.56. The molecule has 0 aromatic carbocycles. The van der Waals surface area contributed by atoms with Crippen LogP contribution in [-0.4, -0.2) is 61.3 Å². The van der Waals surface area contributed by atoms with Crippen molar-refractivity contribution >= 4 is 29.2 Å². The quantitative estimate of drug-likeness (QED) is 0.328. The smallest absolute Gasteiger partial charge is 1.00 e. The van der Waals surface area contributed by atoms with E-state index < -0.39 is 6.16 Å². The fourth-order valence-corrected chi connectivity index (χ4v) is 0. The molecular formula is CH15MgNO7. The van der Waals surface area contributed by atoms with Gasteiger partial charge in [-0.2, -0.15) is 0 Å². The Labute approximate surface area is 75.8 Å². The molecule has 0 spiro atoms. The Bertz CT molecular complexity index is 44.4. The number of hydrogen-bond donors (Lipinski definition) is 3. The second kappa shape index (κ2) is 67.5. The van der Waals surface area contributed by atoms with Gasteiger partial charge in [0.25, 0.3) is 0 Å². The van der Waals surface area contributed by atoms with E-state index in [1.165, 1.54) is 0 Å². The first-order chi connectivity index (χ1) is 1.73. The average molecular weight is 177 g/mol. The van der Waals surface area contributed by atoms with Gasteiger partial charge in [-0.15, -0.1) is 0 Å². The zero-order chi connectivity index (χ0) is 3.58. The summed E-state index contributed by atoms with van der Waals surface area (Å²) in [6, 6.07) is 0. The normalized spacial score (nSPS) is 2.40. The molecule has 0 aliphatic rings. The maximum Gasteiger partial charge on any atom is 2.00 e. The van der Waals surface area contributed by atoms with Crippen LogP contribution in [0.4, 0.5) is 4.79 Å². The maximum absolute atomic E-state index is 8.56. The van der Waals surface area contributed by atoms with Gasteiger partial charge in [-0.1, -0.05) is 0 Å². The predicted molar refractivity (Wildman–Crippen MR) is 38.1 cm³/mol. The van der Waals surface area contributed by atoms with Crippen molar-refractivity contribution in [3.05, 3.63) is 0 Å². The van der Waals surface area contributed by atoms with Gasteiger partial charge in [0.05, 0.1) is 0 Å². The molecule has 0 saturated heterocycles. The van der Waals surface area contributed by atoms with Crippen molar-refractivity contribution in [2.45, 2.75) is 0 Å². The molecule has 0 aromatic rings. The van der Waals surface area contributed by atoms with Crippen molar-refractivity contribution in [3.63, 3.8) is 0 Å². The molecule has 0 amide bonds. The van der Waals surface area contributed by atoms with Crippen LogP contribution in [0.1, 0.15) is 2.85 Å². The Hall–Kier alpha value is -0.164. The van der Waals surface area contributed by atoms with Gasteiger partial charge in [0, 0.05) is 0 Å². The topological polar surface area (TPSA) is 219 Å². The van der Waals surface area contributed by atoms with E-state index in [0.29, 0.717) is 0 Å². The van der Waals surface area contributed by atoms with Crippen molar-refractivity contribution in [1.82, 2.24) is 6.15 Å². The Kier molecular flexibility index (Phi) is 644. The molecule has 0 heterocycles. The summed E-state index contributed by atoms with van der Waals surface area (Å²) >= 11 is 0. The van der Waals surface area contributed by atoms with Gasteiger partial charge in [0.2, 0.25) is 0 Å². The predicted octanol–water partition coefficient (Wildman–Crippen LogP) is -3.07. The molecule has 10 heavy (non-hydrogen) atoms. The Morgan fingerprint density at radius 3 is 1.00 bits per heavy atom. The first-order valence-corrected chi connectivity index (χ1v) is 0.651. The van der Waals surface area contributed by atoms with Crippen molar-refractivity contribution in [2.24, 2.45) is 0 Å². The third-order valence-corrected chi connectivity index (χ3v) is 0. The van der Waals surface area contributed by atoms with Gasteiger partial charge in [-0.25, -0.2) is 4.79 Å². The van der Waals surface area contributed by atoms with E-state index in [0.717, 1.165) is 0 Å². The van der Waals surface area contributed by atoms with Crippen molar-refractivity contribution in [2.75, 3.05) is 0 Å². The standard InChI is InChI=1S/CH2O3.Mg.H3N.4H2O.2H/c2-1(3)4;;;;;;;;/h(H2,2,3,4);;1H3;4*1H2;;/q;+2;;;;;;2*-1. The minimum Gasteiger partial charge on any atom is -1.00 e. The van der Waals surface area contributed by atoms with E-state index in [1.54, 1.807) is 0 Å². The molecule has 0 aliphatic heterocycles. The number of rotatable bonds is 0. The monoisotopic (exact) mass is 177 g/mol. The fraction of sp³-hybridized carbons (Fsp3) is 0. The van der Waals surface area contributed by atoms with Gasteiger partial charge in [0.15, 0.2) is 0 Å². The van der Waals surface area contributed by atoms with E-state index >= 15 is 0 Å². The second-order valence-electron chi connectivity index (χ2n) is 0.283. The van der Waals surface area contributed by atoms with Crippen molar-refractivity contribution < 1.29 is 39.8 Å². The van der Waals surface area contributed by atoms with Crippen LogP contribution in [0.2, 0.25) is 0 Å². The third kappa shape index (κ3) is 13700. The van der Waals surface area contributed by atoms with Gasteiger partial charge in [-0.05, 0) is 0 Å². The largest absolute Gasteiger partial charge is 2.00 e.